The summed E-state index contributed by atoms with van der Waals surface area (Å²) in [5.41, 5.74) is 0.616. The maximum absolute atomic E-state index is 12.4. The van der Waals surface area contributed by atoms with E-state index in [4.69, 9.17) is 14.0 Å². The molecule has 3 rings (SSSR count). The van der Waals surface area contributed by atoms with E-state index in [1.54, 1.807) is 25.1 Å². The minimum absolute atomic E-state index is 0.0179. The van der Waals surface area contributed by atoms with E-state index in [1.807, 2.05) is 0 Å². The first-order chi connectivity index (χ1) is 14.9. The Morgan fingerprint density at radius 1 is 1.19 bits per heavy atom. The second-order valence-electron chi connectivity index (χ2n) is 5.96. The van der Waals surface area contributed by atoms with Crippen molar-refractivity contribution in [1.82, 2.24) is 10.1 Å². The minimum Gasteiger partial charge on any atom is -0.493 e. The number of carbonyl (C=O) groups is 1. The molecule has 0 spiro atoms. The summed E-state index contributed by atoms with van der Waals surface area (Å²) in [5, 5.41) is 3.79. The maximum atomic E-state index is 12.4. The lowest BCUT2D eigenvalue weighted by molar-refractivity contribution is -0.0512. The molecular formula is C20H18F2N2O6S. The zero-order valence-corrected chi connectivity index (χ0v) is 17.4. The van der Waals surface area contributed by atoms with Gasteiger partial charge in [0.05, 0.1) is 28.4 Å². The monoisotopic (exact) mass is 452 g/mol. The quantitative estimate of drug-likeness (QED) is 0.452. The van der Waals surface area contributed by atoms with E-state index in [1.165, 1.54) is 31.4 Å². The highest BCUT2D eigenvalue weighted by atomic mass is 32.2. The Kier molecular flexibility index (Phi) is 7.29. The number of methoxy groups -OCH3 is 1. The van der Waals surface area contributed by atoms with Crippen LogP contribution in [0.15, 0.2) is 51.9 Å². The first-order valence-corrected chi connectivity index (χ1v) is 10.3. The largest absolute Gasteiger partial charge is 0.493 e. The molecule has 0 fully saturated rings. The number of ether oxygens (including phenoxy) is 3. The zero-order chi connectivity index (χ0) is 22.4. The fourth-order valence-electron chi connectivity index (χ4n) is 2.63. The fraction of sp³-hybridized carbons (Fsp3) is 0.250. The third-order valence-corrected chi connectivity index (χ3v) is 5.42. The van der Waals surface area contributed by atoms with Gasteiger partial charge < -0.3 is 18.7 Å². The van der Waals surface area contributed by atoms with Crippen molar-refractivity contribution in [2.45, 2.75) is 25.0 Å². The van der Waals surface area contributed by atoms with Gasteiger partial charge in [-0.3, -0.25) is 4.21 Å². The summed E-state index contributed by atoms with van der Waals surface area (Å²) in [6, 6.07) is 10.6. The summed E-state index contributed by atoms with van der Waals surface area (Å²) < 4.78 is 56.7. The molecule has 1 atom stereocenters. The van der Waals surface area contributed by atoms with Crippen LogP contribution in [0.3, 0.4) is 0 Å². The summed E-state index contributed by atoms with van der Waals surface area (Å²) in [7, 11) is -0.0144. The second kappa shape index (κ2) is 10.1. The van der Waals surface area contributed by atoms with E-state index in [2.05, 4.69) is 14.9 Å². The Balaban J connectivity index is 1.71. The van der Waals surface area contributed by atoms with E-state index in [0.717, 1.165) is 0 Å². The number of halogens is 2. The molecule has 0 aliphatic heterocycles. The van der Waals surface area contributed by atoms with Crippen molar-refractivity contribution >= 4 is 16.8 Å². The molecule has 0 saturated carbocycles. The van der Waals surface area contributed by atoms with Gasteiger partial charge in [0, 0.05) is 11.3 Å². The molecule has 3 aromatic rings. The van der Waals surface area contributed by atoms with Gasteiger partial charge in [0.1, 0.15) is 0 Å². The molecular weight excluding hydrogens is 434 g/mol. The molecule has 1 heterocycles. The van der Waals surface area contributed by atoms with E-state index in [0.29, 0.717) is 16.2 Å². The smallest absolute Gasteiger partial charge is 0.387 e. The second-order valence-corrected chi connectivity index (χ2v) is 7.67. The van der Waals surface area contributed by atoms with Crippen molar-refractivity contribution in [2.75, 3.05) is 12.9 Å². The van der Waals surface area contributed by atoms with Gasteiger partial charge in [0.25, 0.3) is 5.89 Å². The molecule has 164 valence electrons. The maximum Gasteiger partial charge on any atom is 0.387 e. The Labute approximate surface area is 178 Å². The normalized spacial score (nSPS) is 11.9. The lowest BCUT2D eigenvalue weighted by Gasteiger charge is -2.10. The Bertz CT molecular complexity index is 1090. The Morgan fingerprint density at radius 3 is 2.68 bits per heavy atom. The van der Waals surface area contributed by atoms with Crippen molar-refractivity contribution in [3.63, 3.8) is 0 Å². The van der Waals surface area contributed by atoms with Gasteiger partial charge in [-0.2, -0.15) is 13.8 Å². The predicted molar refractivity (Wildman–Crippen MR) is 105 cm³/mol. The van der Waals surface area contributed by atoms with Gasteiger partial charge in [0.15, 0.2) is 18.1 Å². The molecule has 0 saturated heterocycles. The van der Waals surface area contributed by atoms with Crippen LogP contribution in [0.4, 0.5) is 8.78 Å². The first-order valence-electron chi connectivity index (χ1n) is 9.03. The number of benzene rings is 2. The van der Waals surface area contributed by atoms with Crippen LogP contribution in [-0.4, -0.2) is 39.8 Å². The average molecular weight is 452 g/mol. The lowest BCUT2D eigenvalue weighted by Crippen LogP contribution is -2.10. The highest BCUT2D eigenvalue weighted by molar-refractivity contribution is 7.85. The summed E-state index contributed by atoms with van der Waals surface area (Å²) in [5.74, 6) is -0.225. The third-order valence-electron chi connectivity index (χ3n) is 4.05. The SMILES string of the molecule is CCS(=O)c1ccccc1C(=O)OCc1nc(-c2ccc(OC(F)F)c(OC)c2)no1. The molecule has 0 bridgehead atoms. The predicted octanol–water partition coefficient (Wildman–Crippen LogP) is 3.83. The number of hydrogen-bond donors (Lipinski definition) is 0. The Morgan fingerprint density at radius 2 is 1.97 bits per heavy atom. The summed E-state index contributed by atoms with van der Waals surface area (Å²) in [6.45, 7) is -1.55. The topological polar surface area (TPSA) is 101 Å². The summed E-state index contributed by atoms with van der Waals surface area (Å²) >= 11 is 0. The molecule has 1 aromatic heterocycles. The highest BCUT2D eigenvalue weighted by Crippen LogP contribution is 2.32. The van der Waals surface area contributed by atoms with E-state index < -0.39 is 23.4 Å². The number of rotatable bonds is 9. The minimum atomic E-state index is -2.99. The third kappa shape index (κ3) is 5.43. The molecule has 11 heteroatoms. The van der Waals surface area contributed by atoms with Crippen LogP contribution >= 0.6 is 0 Å². The van der Waals surface area contributed by atoms with Crippen LogP contribution < -0.4 is 9.47 Å². The fourth-order valence-corrected chi connectivity index (χ4v) is 3.56. The Hall–Kier alpha value is -3.34. The van der Waals surface area contributed by atoms with Crippen molar-refractivity contribution in [1.29, 1.82) is 0 Å². The van der Waals surface area contributed by atoms with E-state index in [-0.39, 0.29) is 35.4 Å². The van der Waals surface area contributed by atoms with Gasteiger partial charge in [-0.05, 0) is 30.3 Å². The standard InChI is InChI=1S/C20H18F2N2O6S/c1-3-31(26)16-7-5-4-6-13(16)19(25)28-11-17-23-18(24-30-17)12-8-9-14(29-20(21)22)15(10-12)27-2/h4-10,20H,3,11H2,1-2H3. The lowest BCUT2D eigenvalue weighted by atomic mass is 10.2. The van der Waals surface area contributed by atoms with Crippen molar-refractivity contribution in [3.05, 3.63) is 53.9 Å². The van der Waals surface area contributed by atoms with E-state index >= 15 is 0 Å². The molecule has 31 heavy (non-hydrogen) atoms. The molecule has 2 aromatic carbocycles. The average Bonchev–Trinajstić information content (AvgIpc) is 3.26. The van der Waals surface area contributed by atoms with Crippen molar-refractivity contribution in [3.8, 4) is 22.9 Å². The van der Waals surface area contributed by atoms with Crippen LogP contribution in [0.2, 0.25) is 0 Å². The molecule has 8 nitrogen and oxygen atoms in total. The van der Waals surface area contributed by atoms with Gasteiger partial charge >= 0.3 is 12.6 Å². The highest BCUT2D eigenvalue weighted by Gasteiger charge is 2.18. The number of alkyl halides is 2. The van der Waals surface area contributed by atoms with Gasteiger partial charge in [-0.25, -0.2) is 4.79 Å². The summed E-state index contributed by atoms with van der Waals surface area (Å²) in [4.78, 5) is 16.9. The van der Waals surface area contributed by atoms with Crippen LogP contribution in [0.1, 0.15) is 23.2 Å². The van der Waals surface area contributed by atoms with Gasteiger partial charge in [-0.1, -0.05) is 24.2 Å². The molecule has 0 radical (unpaired) electrons. The molecule has 0 aliphatic carbocycles. The number of esters is 1. The van der Waals surface area contributed by atoms with Crippen LogP contribution in [0.5, 0.6) is 11.5 Å². The van der Waals surface area contributed by atoms with Crippen LogP contribution in [0, 0.1) is 0 Å². The van der Waals surface area contributed by atoms with Crippen LogP contribution in [0.25, 0.3) is 11.4 Å². The number of aromatic nitrogens is 2. The van der Waals surface area contributed by atoms with Crippen molar-refractivity contribution in [2.24, 2.45) is 0 Å². The molecule has 0 N–H and O–H groups in total. The van der Waals surface area contributed by atoms with Gasteiger partial charge in [0.2, 0.25) is 5.82 Å². The van der Waals surface area contributed by atoms with Crippen LogP contribution in [-0.2, 0) is 22.1 Å². The molecule has 1 unspecified atom stereocenters. The number of nitrogens with zero attached hydrogens (tertiary/aromatic N) is 2. The summed E-state index contributed by atoms with van der Waals surface area (Å²) in [6.07, 6.45) is 0. The first kappa shape index (κ1) is 22.3. The van der Waals surface area contributed by atoms with Crippen molar-refractivity contribution < 1.29 is 36.5 Å². The van der Waals surface area contributed by atoms with E-state index in [9.17, 15) is 17.8 Å². The zero-order valence-electron chi connectivity index (χ0n) is 16.5. The number of carbonyl (C=O) groups excluding carboxylic acids is 1. The molecule has 0 aliphatic rings. The number of hydrogen-bond acceptors (Lipinski definition) is 8. The molecule has 0 amide bonds. The van der Waals surface area contributed by atoms with Gasteiger partial charge in [-0.15, -0.1) is 0 Å².